The van der Waals surface area contributed by atoms with Crippen LogP contribution >= 0.6 is 0 Å². The van der Waals surface area contributed by atoms with Crippen molar-refractivity contribution in [1.82, 2.24) is 29.7 Å². The van der Waals surface area contributed by atoms with Gasteiger partial charge in [-0.2, -0.15) is 13.2 Å². The lowest BCUT2D eigenvalue weighted by Gasteiger charge is -2.47. The molecule has 0 bridgehead atoms. The van der Waals surface area contributed by atoms with Crippen molar-refractivity contribution >= 4 is 23.1 Å². The summed E-state index contributed by atoms with van der Waals surface area (Å²) in [6.45, 7) is 7.17. The number of nitrogens with one attached hydrogen (secondary N) is 2. The van der Waals surface area contributed by atoms with Gasteiger partial charge >= 0.3 is 17.9 Å². The number of H-pyrrole nitrogens is 1. The lowest BCUT2D eigenvalue weighted by Crippen LogP contribution is -2.62. The molecule has 4 heterocycles. The molecule has 2 aromatic heterocycles. The first-order chi connectivity index (χ1) is 21.0. The van der Waals surface area contributed by atoms with Gasteiger partial charge in [0.15, 0.2) is 17.3 Å². The number of amides is 3. The second-order valence-electron chi connectivity index (χ2n) is 12.6. The summed E-state index contributed by atoms with van der Waals surface area (Å²) >= 11 is 0. The molecule has 2 aliphatic heterocycles. The number of carbonyl (C=O) groups excluding carboxylic acids is 2. The van der Waals surface area contributed by atoms with Crippen molar-refractivity contribution in [1.29, 1.82) is 0 Å². The topological polar surface area (TPSA) is 103 Å². The van der Waals surface area contributed by atoms with Gasteiger partial charge in [0.25, 0.3) is 0 Å². The number of piperidine rings is 1. The number of hydrogen-bond donors (Lipinski definition) is 2. The fourth-order valence-electron chi connectivity index (χ4n) is 6.95. The molecule has 3 aromatic rings. The van der Waals surface area contributed by atoms with E-state index in [0.29, 0.717) is 34.5 Å². The van der Waals surface area contributed by atoms with Crippen LogP contribution < -0.4 is 11.0 Å². The summed E-state index contributed by atoms with van der Waals surface area (Å²) in [6, 6.07) is 0.496. The smallest absolute Gasteiger partial charge is 0.326 e. The van der Waals surface area contributed by atoms with Gasteiger partial charge in [0, 0.05) is 36.8 Å². The molecule has 5 rings (SSSR count). The maximum absolute atomic E-state index is 15.4. The third-order valence-electron chi connectivity index (χ3n) is 9.63. The van der Waals surface area contributed by atoms with E-state index in [9.17, 15) is 31.9 Å². The second kappa shape index (κ2) is 11.8. The monoisotopic (exact) mass is 636 g/mol. The van der Waals surface area contributed by atoms with E-state index in [2.05, 4.69) is 15.3 Å². The molecule has 2 saturated heterocycles. The minimum Gasteiger partial charge on any atom is -0.326 e. The molecule has 0 saturated carbocycles. The molecule has 45 heavy (non-hydrogen) atoms. The highest BCUT2D eigenvalue weighted by molar-refractivity contribution is 5.88. The van der Waals surface area contributed by atoms with Crippen LogP contribution in [0.2, 0.25) is 0 Å². The van der Waals surface area contributed by atoms with E-state index in [-0.39, 0.29) is 48.8 Å². The number of aromatic amines is 1. The number of likely N-dealkylation sites (tertiary alicyclic amines) is 2. The average molecular weight is 637 g/mol. The SMILES string of the molecule is Cc1cc(C2CC[C@@H](NC(=O)N3CCC(n4c(=O)[nH]c5ncccc54)CC3)C(=O)N(C(C)C(F)(F)F)C2(C)C)c(F)c(F)c1C. The number of alkyl halides is 3. The molecule has 2 N–H and O–H groups in total. The highest BCUT2D eigenvalue weighted by atomic mass is 19.4. The molecule has 244 valence electrons. The number of fused-ring (bicyclic) bond motifs is 1. The Balaban J connectivity index is 1.38. The van der Waals surface area contributed by atoms with E-state index in [4.69, 9.17) is 0 Å². The van der Waals surface area contributed by atoms with Gasteiger partial charge in [0.2, 0.25) is 5.91 Å². The first-order valence-electron chi connectivity index (χ1n) is 15.0. The van der Waals surface area contributed by atoms with E-state index in [1.807, 2.05) is 0 Å². The lowest BCUT2D eigenvalue weighted by atomic mass is 9.77. The Morgan fingerprint density at radius 3 is 2.40 bits per heavy atom. The average Bonchev–Trinajstić information content (AvgIpc) is 3.28. The lowest BCUT2D eigenvalue weighted by molar-refractivity contribution is -0.198. The normalized spacial score (nSPS) is 22.0. The van der Waals surface area contributed by atoms with Crippen LogP contribution in [0, 0.1) is 25.5 Å². The Kier molecular flexibility index (Phi) is 8.47. The predicted molar refractivity (Wildman–Crippen MR) is 157 cm³/mol. The van der Waals surface area contributed by atoms with Crippen molar-refractivity contribution in [3.05, 3.63) is 63.2 Å². The molecule has 14 heteroatoms. The number of pyridine rings is 1. The van der Waals surface area contributed by atoms with Crippen LogP contribution in [0.25, 0.3) is 11.2 Å². The molecular formula is C31H37F5N6O3. The molecule has 2 unspecified atom stereocenters. The summed E-state index contributed by atoms with van der Waals surface area (Å²) in [5.74, 6) is -4.18. The molecule has 0 radical (unpaired) electrons. The summed E-state index contributed by atoms with van der Waals surface area (Å²) in [7, 11) is 0. The molecular weight excluding hydrogens is 599 g/mol. The van der Waals surface area contributed by atoms with Crippen LogP contribution in [0.3, 0.4) is 0 Å². The van der Waals surface area contributed by atoms with E-state index in [1.54, 1.807) is 29.8 Å². The maximum Gasteiger partial charge on any atom is 0.408 e. The van der Waals surface area contributed by atoms with Crippen LogP contribution in [0.15, 0.2) is 29.2 Å². The largest absolute Gasteiger partial charge is 0.408 e. The summed E-state index contributed by atoms with van der Waals surface area (Å²) in [5, 5.41) is 2.64. The summed E-state index contributed by atoms with van der Waals surface area (Å²) < 4.78 is 74.3. The zero-order valence-corrected chi connectivity index (χ0v) is 25.8. The van der Waals surface area contributed by atoms with Crippen LogP contribution in [-0.4, -0.2) is 73.2 Å². The van der Waals surface area contributed by atoms with E-state index >= 15 is 4.39 Å². The van der Waals surface area contributed by atoms with Gasteiger partial charge in [-0.1, -0.05) is 6.07 Å². The van der Waals surface area contributed by atoms with Crippen molar-refractivity contribution in [3.63, 3.8) is 0 Å². The second-order valence-corrected chi connectivity index (χ2v) is 12.6. The Morgan fingerprint density at radius 1 is 1.09 bits per heavy atom. The zero-order valence-electron chi connectivity index (χ0n) is 25.8. The Labute approximate surface area is 256 Å². The van der Waals surface area contributed by atoms with Crippen molar-refractivity contribution < 1.29 is 31.5 Å². The number of carbonyl (C=O) groups is 2. The summed E-state index contributed by atoms with van der Waals surface area (Å²) in [5.41, 5.74) is -0.386. The first-order valence-corrected chi connectivity index (χ1v) is 15.0. The van der Waals surface area contributed by atoms with Crippen LogP contribution in [0.4, 0.5) is 26.7 Å². The standard InChI is InChI=1S/C31H37F5N6O3/c1-16-15-20(25(33)24(32)17(16)2)21-8-9-22(27(43)42(30(21,4)5)18(3)31(34,35)36)38-28(44)40-13-10-19(11-14-40)41-23-7-6-12-37-26(23)39-29(41)45/h6-7,12,15,18-19,21-22H,8-11,13-14H2,1-5H3,(H,38,44)(H,37,39,45)/t18?,21?,22-/m1/s1. The van der Waals surface area contributed by atoms with Gasteiger partial charge in [0.1, 0.15) is 12.1 Å². The van der Waals surface area contributed by atoms with Crippen molar-refractivity contribution in [2.75, 3.05) is 13.1 Å². The number of hydrogen-bond acceptors (Lipinski definition) is 4. The summed E-state index contributed by atoms with van der Waals surface area (Å²) in [6.07, 6.45) is -2.46. The molecule has 0 aliphatic carbocycles. The van der Waals surface area contributed by atoms with Gasteiger partial charge in [-0.05, 0) is 89.1 Å². The number of aromatic nitrogens is 3. The molecule has 3 amide bonds. The molecule has 9 nitrogen and oxygen atoms in total. The minimum absolute atomic E-state index is 0.0171. The fourth-order valence-corrected chi connectivity index (χ4v) is 6.95. The molecule has 3 atom stereocenters. The number of nitrogens with zero attached hydrogens (tertiary/aromatic N) is 4. The number of urea groups is 1. The molecule has 1 aromatic carbocycles. The third-order valence-corrected chi connectivity index (χ3v) is 9.63. The fraction of sp³-hybridized carbons (Fsp3) is 0.548. The highest BCUT2D eigenvalue weighted by Gasteiger charge is 2.53. The van der Waals surface area contributed by atoms with Gasteiger partial charge in [-0.3, -0.25) is 14.3 Å². The predicted octanol–water partition coefficient (Wildman–Crippen LogP) is 5.47. The Hall–Kier alpha value is -3.97. The maximum atomic E-state index is 15.4. The van der Waals surface area contributed by atoms with E-state index in [1.165, 1.54) is 31.7 Å². The van der Waals surface area contributed by atoms with Gasteiger partial charge in [-0.15, -0.1) is 0 Å². The molecule has 2 aliphatic rings. The van der Waals surface area contributed by atoms with E-state index in [0.717, 1.165) is 6.92 Å². The van der Waals surface area contributed by atoms with Crippen LogP contribution in [0.5, 0.6) is 0 Å². The number of benzene rings is 1. The van der Waals surface area contributed by atoms with Crippen LogP contribution in [-0.2, 0) is 4.79 Å². The summed E-state index contributed by atoms with van der Waals surface area (Å²) in [4.78, 5) is 48.9. The molecule has 0 spiro atoms. The van der Waals surface area contributed by atoms with Crippen LogP contribution in [0.1, 0.15) is 75.1 Å². The highest BCUT2D eigenvalue weighted by Crippen LogP contribution is 2.45. The molecule has 2 fully saturated rings. The number of imidazole rings is 1. The van der Waals surface area contributed by atoms with Gasteiger partial charge in [-0.25, -0.2) is 23.4 Å². The first kappa shape index (κ1) is 32.4. The Bertz CT molecular complexity index is 1670. The van der Waals surface area contributed by atoms with Gasteiger partial charge < -0.3 is 15.1 Å². The van der Waals surface area contributed by atoms with Crippen molar-refractivity contribution in [2.45, 2.75) is 96.1 Å². The zero-order chi connectivity index (χ0) is 33.0. The van der Waals surface area contributed by atoms with Crippen molar-refractivity contribution in [2.24, 2.45) is 0 Å². The van der Waals surface area contributed by atoms with Crippen molar-refractivity contribution in [3.8, 4) is 0 Å². The Morgan fingerprint density at radius 2 is 1.76 bits per heavy atom. The minimum atomic E-state index is -4.82. The quantitative estimate of drug-likeness (QED) is 0.371. The van der Waals surface area contributed by atoms with Gasteiger partial charge in [0.05, 0.1) is 5.52 Å². The van der Waals surface area contributed by atoms with E-state index < -0.39 is 53.3 Å². The third kappa shape index (κ3) is 5.79. The number of rotatable bonds is 4. The number of halogens is 5. The number of aryl methyl sites for hydroxylation is 1.